The summed E-state index contributed by atoms with van der Waals surface area (Å²) in [6.45, 7) is 4.57. The van der Waals surface area contributed by atoms with Crippen molar-refractivity contribution in [1.29, 1.82) is 0 Å². The summed E-state index contributed by atoms with van der Waals surface area (Å²) in [6, 6.07) is 4.54. The average Bonchev–Trinajstić information content (AvgIpc) is 3.16. The zero-order valence-corrected chi connectivity index (χ0v) is 16.6. The number of aliphatic carboxylic acids is 1. The molecule has 9 heteroatoms. The Morgan fingerprint density at radius 2 is 2.25 bits per heavy atom. The predicted molar refractivity (Wildman–Crippen MR) is 108 cm³/mol. The van der Waals surface area contributed by atoms with Crippen molar-refractivity contribution in [3.8, 4) is 0 Å². The molecule has 2 N–H and O–H groups in total. The van der Waals surface area contributed by atoms with E-state index >= 15 is 0 Å². The summed E-state index contributed by atoms with van der Waals surface area (Å²) in [4.78, 5) is 38.8. The molecule has 0 bridgehead atoms. The van der Waals surface area contributed by atoms with Crippen LogP contribution in [-0.2, 0) is 20.7 Å². The maximum atomic E-state index is 12.3. The Kier molecular flexibility index (Phi) is 5.83. The third kappa shape index (κ3) is 3.94. The highest BCUT2D eigenvalue weighted by molar-refractivity contribution is 7.80. The third-order valence-corrected chi connectivity index (χ3v) is 5.18. The van der Waals surface area contributed by atoms with Crippen LogP contribution >= 0.6 is 12.2 Å². The molecule has 1 amide bonds. The van der Waals surface area contributed by atoms with Gasteiger partial charge >= 0.3 is 12.1 Å². The van der Waals surface area contributed by atoms with Gasteiger partial charge in [-0.25, -0.2) is 9.59 Å². The van der Waals surface area contributed by atoms with Gasteiger partial charge in [0.25, 0.3) is 0 Å². The Labute approximate surface area is 168 Å². The number of hydrogen-bond donors (Lipinski definition) is 2. The number of carboxylic acid groups (broad SMARTS) is 1. The summed E-state index contributed by atoms with van der Waals surface area (Å²) in [5, 5.41) is 12.5. The molecular weight excluding hydrogens is 382 g/mol. The van der Waals surface area contributed by atoms with Crippen molar-refractivity contribution < 1.29 is 24.2 Å². The van der Waals surface area contributed by atoms with Gasteiger partial charge in [-0.3, -0.25) is 4.90 Å². The first-order chi connectivity index (χ1) is 13.3. The highest BCUT2D eigenvalue weighted by Crippen LogP contribution is 2.37. The number of hydrogen-bond acceptors (Lipinski definition) is 6. The number of rotatable bonds is 7. The van der Waals surface area contributed by atoms with Gasteiger partial charge in [0.15, 0.2) is 0 Å². The predicted octanol–water partition coefficient (Wildman–Crippen LogP) is 1.74. The molecule has 2 aliphatic rings. The number of carbonyl (C=O) groups is 3. The molecule has 0 aromatic heterocycles. The molecule has 1 aromatic rings. The summed E-state index contributed by atoms with van der Waals surface area (Å²) in [7, 11) is 0. The van der Waals surface area contributed by atoms with Crippen LogP contribution < -0.4 is 15.1 Å². The fraction of sp³-hybridized carbons (Fsp3) is 0.474. The first kappa shape index (κ1) is 20.1. The number of ether oxygens (including phenoxy) is 1. The Morgan fingerprint density at radius 1 is 1.50 bits per heavy atom. The molecule has 1 fully saturated rings. The van der Waals surface area contributed by atoms with Crippen molar-refractivity contribution in [1.82, 2.24) is 5.32 Å². The zero-order chi connectivity index (χ0) is 20.4. The summed E-state index contributed by atoms with van der Waals surface area (Å²) in [5.74, 6) is -1.02. The van der Waals surface area contributed by atoms with E-state index in [1.807, 2.05) is 19.1 Å². The molecular formula is C19H23N3O5S. The second kappa shape index (κ2) is 8.14. The van der Waals surface area contributed by atoms with Gasteiger partial charge in [-0.2, -0.15) is 0 Å². The summed E-state index contributed by atoms with van der Waals surface area (Å²) < 4.78 is 5.38. The number of cyclic esters (lactones) is 1. The quantitative estimate of drug-likeness (QED) is 0.523. The molecule has 1 saturated heterocycles. The number of carboxylic acids is 1. The molecule has 150 valence electrons. The highest BCUT2D eigenvalue weighted by atomic mass is 32.1. The first-order valence-electron chi connectivity index (χ1n) is 9.12. The molecule has 28 heavy (non-hydrogen) atoms. The lowest BCUT2D eigenvalue weighted by Crippen LogP contribution is -2.44. The van der Waals surface area contributed by atoms with Crippen LogP contribution in [0.15, 0.2) is 18.2 Å². The average molecular weight is 405 g/mol. The number of fused-ring (bicyclic) bond motifs is 1. The molecule has 2 aliphatic heterocycles. The zero-order valence-electron chi connectivity index (χ0n) is 15.8. The monoisotopic (exact) mass is 405 g/mol. The van der Waals surface area contributed by atoms with Crippen LogP contribution in [0.5, 0.6) is 0 Å². The molecule has 0 radical (unpaired) electrons. The number of aldehydes is 1. The third-order valence-electron chi connectivity index (χ3n) is 5.04. The first-order valence-corrected chi connectivity index (χ1v) is 9.53. The van der Waals surface area contributed by atoms with Crippen LogP contribution in [-0.4, -0.2) is 59.7 Å². The van der Waals surface area contributed by atoms with E-state index in [9.17, 15) is 19.5 Å². The van der Waals surface area contributed by atoms with Crippen molar-refractivity contribution in [2.75, 3.05) is 22.9 Å². The summed E-state index contributed by atoms with van der Waals surface area (Å²) >= 11 is 4.98. The minimum Gasteiger partial charge on any atom is -0.480 e. The van der Waals surface area contributed by atoms with E-state index in [1.165, 1.54) is 0 Å². The van der Waals surface area contributed by atoms with E-state index in [0.29, 0.717) is 36.5 Å². The van der Waals surface area contributed by atoms with E-state index < -0.39 is 18.1 Å². The normalized spacial score (nSPS) is 21.9. The molecule has 0 spiro atoms. The van der Waals surface area contributed by atoms with Gasteiger partial charge in [-0.1, -0.05) is 12.2 Å². The lowest BCUT2D eigenvalue weighted by atomic mass is 10.1. The summed E-state index contributed by atoms with van der Waals surface area (Å²) in [5.41, 5.74) is 2.44. The maximum Gasteiger partial charge on any atom is 0.414 e. The van der Waals surface area contributed by atoms with Gasteiger partial charge in [0.2, 0.25) is 0 Å². The topological polar surface area (TPSA) is 99.2 Å². The molecule has 0 saturated carbocycles. The van der Waals surface area contributed by atoms with Crippen molar-refractivity contribution >= 4 is 46.9 Å². The number of thiocarbonyl (C=S) groups is 1. The molecule has 3 rings (SSSR count). The maximum absolute atomic E-state index is 12.3. The molecule has 1 unspecified atom stereocenters. The van der Waals surface area contributed by atoms with Crippen LogP contribution in [0.1, 0.15) is 25.8 Å². The lowest BCUT2D eigenvalue weighted by molar-refractivity contribution is -0.139. The van der Waals surface area contributed by atoms with Crippen molar-refractivity contribution in [2.45, 2.75) is 44.9 Å². The lowest BCUT2D eigenvalue weighted by Gasteiger charge is -2.30. The second-order valence-electron chi connectivity index (χ2n) is 7.08. The van der Waals surface area contributed by atoms with E-state index in [4.69, 9.17) is 17.0 Å². The van der Waals surface area contributed by atoms with Crippen LogP contribution in [0.3, 0.4) is 0 Å². The van der Waals surface area contributed by atoms with E-state index in [0.717, 1.165) is 11.3 Å². The van der Waals surface area contributed by atoms with Gasteiger partial charge in [0.1, 0.15) is 18.4 Å². The minimum absolute atomic E-state index is 0.0562. The van der Waals surface area contributed by atoms with Crippen LogP contribution in [0.25, 0.3) is 0 Å². The molecule has 1 aromatic carbocycles. The van der Waals surface area contributed by atoms with Gasteiger partial charge < -0.3 is 24.9 Å². The van der Waals surface area contributed by atoms with Crippen molar-refractivity contribution in [2.24, 2.45) is 0 Å². The smallest absolute Gasteiger partial charge is 0.414 e. The van der Waals surface area contributed by atoms with Gasteiger partial charge in [-0.15, -0.1) is 0 Å². The fourth-order valence-electron chi connectivity index (χ4n) is 3.81. The van der Waals surface area contributed by atoms with E-state index in [1.54, 1.807) is 22.8 Å². The van der Waals surface area contributed by atoms with Crippen molar-refractivity contribution in [3.05, 3.63) is 23.8 Å². The van der Waals surface area contributed by atoms with Crippen molar-refractivity contribution in [3.63, 3.8) is 0 Å². The largest absolute Gasteiger partial charge is 0.480 e. The van der Waals surface area contributed by atoms with E-state index in [-0.39, 0.29) is 18.6 Å². The Balaban J connectivity index is 1.80. The molecule has 0 aliphatic carbocycles. The van der Waals surface area contributed by atoms with Crippen LogP contribution in [0, 0.1) is 0 Å². The minimum atomic E-state index is -1.02. The van der Waals surface area contributed by atoms with Gasteiger partial charge in [-0.05, 0) is 44.0 Å². The molecule has 3 atom stereocenters. The summed E-state index contributed by atoms with van der Waals surface area (Å²) in [6.07, 6.45) is 0.491. The SMILES string of the molecule is CC(=S)NC[C@H]1CN(c2ccc3c(c2)C[C@@H](C)N3C(CC=O)C(=O)O)C(=O)O1. The number of amides is 1. The Bertz CT molecular complexity index is 815. The van der Waals surface area contributed by atoms with Crippen LogP contribution in [0.2, 0.25) is 0 Å². The number of benzene rings is 1. The second-order valence-corrected chi connectivity index (χ2v) is 7.70. The number of anilines is 2. The number of carbonyl (C=O) groups excluding carboxylic acids is 2. The molecule has 2 heterocycles. The highest BCUT2D eigenvalue weighted by Gasteiger charge is 2.37. The number of nitrogens with zero attached hydrogens (tertiary/aromatic N) is 2. The number of nitrogens with one attached hydrogen (secondary N) is 1. The Hall–Kier alpha value is -2.68. The molecule has 8 nitrogen and oxygen atoms in total. The van der Waals surface area contributed by atoms with E-state index in [2.05, 4.69) is 5.32 Å². The standard InChI is InChI=1S/C19H23N3O5S/c1-11-7-13-8-14(21-10-15(27-19(21)26)9-20-12(2)28)3-4-16(13)22(11)17(5-6-23)18(24)25/h3-4,6,8,11,15,17H,5,7,9-10H2,1-2H3,(H,20,28)(H,24,25)/t11-,15+,17?/m1/s1. The van der Waals surface area contributed by atoms with Gasteiger partial charge in [0, 0.05) is 23.8 Å². The van der Waals surface area contributed by atoms with Gasteiger partial charge in [0.05, 0.1) is 18.1 Å². The Morgan fingerprint density at radius 3 is 2.89 bits per heavy atom. The van der Waals surface area contributed by atoms with Crippen LogP contribution in [0.4, 0.5) is 16.2 Å². The fourth-order valence-corrected chi connectivity index (χ4v) is 3.89.